The van der Waals surface area contributed by atoms with Crippen LogP contribution in [0.5, 0.6) is 11.5 Å². The smallest absolute Gasteiger partial charge is 0.118 e. The highest BCUT2D eigenvalue weighted by Crippen LogP contribution is 2.25. The van der Waals surface area contributed by atoms with Gasteiger partial charge in [0.25, 0.3) is 0 Å². The minimum absolute atomic E-state index is 0.814. The van der Waals surface area contributed by atoms with Crippen LogP contribution in [0, 0.1) is 23.7 Å². The van der Waals surface area contributed by atoms with E-state index in [1.54, 1.807) is 14.2 Å². The zero-order valence-corrected chi connectivity index (χ0v) is 18.5. The van der Waals surface area contributed by atoms with Crippen molar-refractivity contribution < 1.29 is 9.47 Å². The standard InChI is InChI=1S/C24H16Br2O2/c1-27-21-11-5-17(6-12-21)3-9-19-15-24(26)20(16-23(19)25)10-4-18-7-13-22(28-2)14-8-18/h5-8,11-16H,1-2H3. The van der Waals surface area contributed by atoms with Gasteiger partial charge in [0, 0.05) is 31.2 Å². The van der Waals surface area contributed by atoms with Gasteiger partial charge in [0.1, 0.15) is 11.5 Å². The van der Waals surface area contributed by atoms with Crippen molar-refractivity contribution in [3.05, 3.63) is 91.9 Å². The minimum Gasteiger partial charge on any atom is -0.497 e. The Morgan fingerprint density at radius 1 is 0.571 bits per heavy atom. The predicted octanol–water partition coefficient (Wildman–Crippen LogP) is 6.03. The Morgan fingerprint density at radius 3 is 1.25 bits per heavy atom. The maximum absolute atomic E-state index is 5.17. The molecule has 0 fully saturated rings. The van der Waals surface area contributed by atoms with Crippen LogP contribution in [-0.2, 0) is 0 Å². The van der Waals surface area contributed by atoms with Gasteiger partial charge in [0.15, 0.2) is 0 Å². The Labute approximate surface area is 182 Å². The molecule has 0 amide bonds. The molecule has 0 radical (unpaired) electrons. The molecule has 0 aliphatic carbocycles. The fourth-order valence-electron chi connectivity index (χ4n) is 2.37. The van der Waals surface area contributed by atoms with E-state index in [9.17, 15) is 0 Å². The molecule has 0 unspecified atom stereocenters. The lowest BCUT2D eigenvalue weighted by Gasteiger charge is -2.02. The fraction of sp³-hybridized carbons (Fsp3) is 0.0833. The van der Waals surface area contributed by atoms with Crippen molar-refractivity contribution in [1.29, 1.82) is 0 Å². The van der Waals surface area contributed by atoms with Gasteiger partial charge in [0.2, 0.25) is 0 Å². The first-order valence-corrected chi connectivity index (χ1v) is 9.99. The van der Waals surface area contributed by atoms with E-state index in [4.69, 9.17) is 9.47 Å². The second-order valence-electron chi connectivity index (χ2n) is 5.77. The largest absolute Gasteiger partial charge is 0.497 e. The summed E-state index contributed by atoms with van der Waals surface area (Å²) in [5.41, 5.74) is 3.62. The molecule has 0 spiro atoms. The molecule has 138 valence electrons. The Balaban J connectivity index is 1.83. The summed E-state index contributed by atoms with van der Waals surface area (Å²) < 4.78 is 12.1. The Bertz CT molecular complexity index is 1000. The quantitative estimate of drug-likeness (QED) is 0.404. The maximum Gasteiger partial charge on any atom is 0.118 e. The first-order valence-electron chi connectivity index (χ1n) is 8.40. The van der Waals surface area contributed by atoms with Crippen LogP contribution in [0.15, 0.2) is 69.6 Å². The van der Waals surface area contributed by atoms with Crippen LogP contribution < -0.4 is 9.47 Å². The molecule has 3 aromatic carbocycles. The molecule has 0 saturated carbocycles. The highest BCUT2D eigenvalue weighted by atomic mass is 79.9. The zero-order chi connectivity index (χ0) is 19.9. The number of rotatable bonds is 2. The van der Waals surface area contributed by atoms with Crippen LogP contribution in [0.2, 0.25) is 0 Å². The van der Waals surface area contributed by atoms with Gasteiger partial charge in [-0.1, -0.05) is 23.7 Å². The molecule has 0 saturated heterocycles. The fourth-order valence-corrected chi connectivity index (χ4v) is 3.25. The average Bonchev–Trinajstić information content (AvgIpc) is 2.73. The molecular weight excluding hydrogens is 480 g/mol. The number of ether oxygens (including phenoxy) is 2. The highest BCUT2D eigenvalue weighted by molar-refractivity contribution is 9.11. The summed E-state index contributed by atoms with van der Waals surface area (Å²) in [6.07, 6.45) is 0. The third kappa shape index (κ3) is 5.20. The van der Waals surface area contributed by atoms with Gasteiger partial charge in [0.05, 0.1) is 14.2 Å². The summed E-state index contributed by atoms with van der Waals surface area (Å²) >= 11 is 7.19. The van der Waals surface area contributed by atoms with Gasteiger partial charge < -0.3 is 9.47 Å². The molecular formula is C24H16Br2O2. The van der Waals surface area contributed by atoms with E-state index < -0.39 is 0 Å². The van der Waals surface area contributed by atoms with Gasteiger partial charge in [-0.2, -0.15) is 0 Å². The van der Waals surface area contributed by atoms with Gasteiger partial charge in [-0.05, 0) is 92.5 Å². The van der Waals surface area contributed by atoms with Crippen molar-refractivity contribution in [2.75, 3.05) is 14.2 Å². The van der Waals surface area contributed by atoms with Crippen molar-refractivity contribution >= 4 is 31.9 Å². The maximum atomic E-state index is 5.17. The van der Waals surface area contributed by atoms with Crippen LogP contribution >= 0.6 is 31.9 Å². The van der Waals surface area contributed by atoms with E-state index in [-0.39, 0.29) is 0 Å². The SMILES string of the molecule is COc1ccc(C#Cc2cc(Br)c(C#Cc3ccc(OC)cc3)cc2Br)cc1. The Morgan fingerprint density at radius 2 is 0.929 bits per heavy atom. The Hall–Kier alpha value is -2.66. The molecule has 0 atom stereocenters. The topological polar surface area (TPSA) is 18.5 Å². The van der Waals surface area contributed by atoms with Gasteiger partial charge in [-0.3, -0.25) is 0 Å². The summed E-state index contributed by atoms with van der Waals surface area (Å²) in [7, 11) is 3.29. The molecule has 2 nitrogen and oxygen atoms in total. The second-order valence-corrected chi connectivity index (χ2v) is 7.48. The van der Waals surface area contributed by atoms with Gasteiger partial charge in [-0.15, -0.1) is 0 Å². The van der Waals surface area contributed by atoms with Gasteiger partial charge >= 0.3 is 0 Å². The summed E-state index contributed by atoms with van der Waals surface area (Å²) in [5, 5.41) is 0. The molecule has 28 heavy (non-hydrogen) atoms. The summed E-state index contributed by atoms with van der Waals surface area (Å²) in [4.78, 5) is 0. The molecule has 3 rings (SSSR count). The Kier molecular flexibility index (Phi) is 6.82. The van der Waals surface area contributed by atoms with Crippen LogP contribution in [0.3, 0.4) is 0 Å². The third-order valence-electron chi connectivity index (χ3n) is 3.92. The second kappa shape index (κ2) is 9.51. The van der Waals surface area contributed by atoms with Crippen LogP contribution in [0.25, 0.3) is 0 Å². The lowest BCUT2D eigenvalue weighted by atomic mass is 10.1. The monoisotopic (exact) mass is 494 g/mol. The highest BCUT2D eigenvalue weighted by Gasteiger charge is 2.04. The van der Waals surface area contributed by atoms with E-state index in [2.05, 4.69) is 55.5 Å². The van der Waals surface area contributed by atoms with Crippen LogP contribution in [-0.4, -0.2) is 14.2 Å². The third-order valence-corrected chi connectivity index (χ3v) is 5.23. The lowest BCUT2D eigenvalue weighted by Crippen LogP contribution is -1.86. The average molecular weight is 496 g/mol. The molecule has 0 heterocycles. The van der Waals surface area contributed by atoms with Gasteiger partial charge in [-0.25, -0.2) is 0 Å². The van der Waals surface area contributed by atoms with E-state index >= 15 is 0 Å². The van der Waals surface area contributed by atoms with Crippen molar-refractivity contribution in [1.82, 2.24) is 0 Å². The minimum atomic E-state index is 0.814. The molecule has 0 aliphatic rings. The molecule has 0 N–H and O–H groups in total. The molecule has 3 aromatic rings. The number of hydrogen-bond acceptors (Lipinski definition) is 2. The first-order chi connectivity index (χ1) is 13.6. The number of halogens is 2. The molecule has 0 aromatic heterocycles. The van der Waals surface area contributed by atoms with E-state index in [0.717, 1.165) is 42.7 Å². The molecule has 4 heteroatoms. The summed E-state index contributed by atoms with van der Waals surface area (Å²) in [6.45, 7) is 0. The van der Waals surface area contributed by atoms with Crippen LogP contribution in [0.4, 0.5) is 0 Å². The first kappa shape index (κ1) is 20.1. The van der Waals surface area contributed by atoms with E-state index in [1.165, 1.54) is 0 Å². The van der Waals surface area contributed by atoms with Crippen molar-refractivity contribution in [3.8, 4) is 35.2 Å². The summed E-state index contributed by atoms with van der Waals surface area (Å²) in [5.74, 6) is 14.3. The van der Waals surface area contributed by atoms with E-state index in [0.29, 0.717) is 0 Å². The predicted molar refractivity (Wildman–Crippen MR) is 120 cm³/mol. The molecule has 0 bridgehead atoms. The molecule has 0 aliphatic heterocycles. The lowest BCUT2D eigenvalue weighted by molar-refractivity contribution is 0.414. The van der Waals surface area contributed by atoms with Crippen LogP contribution in [0.1, 0.15) is 22.3 Å². The van der Waals surface area contributed by atoms with E-state index in [1.807, 2.05) is 60.7 Å². The van der Waals surface area contributed by atoms with Crippen molar-refractivity contribution in [3.63, 3.8) is 0 Å². The zero-order valence-electron chi connectivity index (χ0n) is 15.3. The van der Waals surface area contributed by atoms with Crippen molar-refractivity contribution in [2.45, 2.75) is 0 Å². The number of benzene rings is 3. The number of hydrogen-bond donors (Lipinski definition) is 0. The normalized spacial score (nSPS) is 9.57. The van der Waals surface area contributed by atoms with Crippen molar-refractivity contribution in [2.24, 2.45) is 0 Å². The number of methoxy groups -OCH3 is 2. The summed E-state index contributed by atoms with van der Waals surface area (Å²) in [6, 6.07) is 19.3.